The van der Waals surface area contributed by atoms with E-state index in [4.69, 9.17) is 0 Å². The van der Waals surface area contributed by atoms with Crippen molar-refractivity contribution in [1.29, 1.82) is 0 Å². The molecule has 1 aliphatic rings. The summed E-state index contributed by atoms with van der Waals surface area (Å²) >= 11 is 0. The van der Waals surface area contributed by atoms with Gasteiger partial charge in [-0.3, -0.25) is 4.90 Å². The molecular weight excluding hydrogens is 263 g/mol. The van der Waals surface area contributed by atoms with Crippen LogP contribution in [0.3, 0.4) is 0 Å². The number of nitrogens with zero attached hydrogens (tertiary/aromatic N) is 1. The molecule has 2 nitrogen and oxygen atoms in total. The summed E-state index contributed by atoms with van der Waals surface area (Å²) in [7, 11) is 0. The normalized spacial score (nSPS) is 27.2. The van der Waals surface area contributed by atoms with Crippen LogP contribution in [0.15, 0.2) is 24.3 Å². The van der Waals surface area contributed by atoms with Crippen LogP contribution in [-0.2, 0) is 6.54 Å². The summed E-state index contributed by atoms with van der Waals surface area (Å²) in [6.45, 7) is 11.7. The lowest BCUT2D eigenvalue weighted by atomic mass is 9.89. The van der Waals surface area contributed by atoms with Crippen LogP contribution in [-0.4, -0.2) is 29.6 Å². The molecule has 2 atom stereocenters. The highest BCUT2D eigenvalue weighted by Crippen LogP contribution is 2.27. The average Bonchev–Trinajstić information content (AvgIpc) is 2.44. The Hall–Kier alpha value is -0.930. The number of piperazine rings is 1. The van der Waals surface area contributed by atoms with Gasteiger partial charge in [-0.25, -0.2) is 4.39 Å². The molecule has 1 saturated heterocycles. The fourth-order valence-corrected chi connectivity index (χ4v) is 3.19. The molecule has 118 valence electrons. The Morgan fingerprint density at radius 3 is 2.71 bits per heavy atom. The van der Waals surface area contributed by atoms with Gasteiger partial charge in [-0.2, -0.15) is 0 Å². The van der Waals surface area contributed by atoms with E-state index in [1.165, 1.54) is 6.42 Å². The van der Waals surface area contributed by atoms with Gasteiger partial charge in [-0.1, -0.05) is 39.0 Å². The lowest BCUT2D eigenvalue weighted by Gasteiger charge is -2.48. The maximum atomic E-state index is 14.0. The lowest BCUT2D eigenvalue weighted by Crippen LogP contribution is -2.62. The lowest BCUT2D eigenvalue weighted by molar-refractivity contribution is 0.0364. The molecule has 2 rings (SSSR count). The van der Waals surface area contributed by atoms with Gasteiger partial charge in [0.2, 0.25) is 0 Å². The molecule has 1 aromatic rings. The van der Waals surface area contributed by atoms with E-state index in [2.05, 4.69) is 37.9 Å². The monoisotopic (exact) mass is 292 g/mol. The van der Waals surface area contributed by atoms with Gasteiger partial charge >= 0.3 is 0 Å². The zero-order valence-corrected chi connectivity index (χ0v) is 13.8. The first kappa shape index (κ1) is 16.4. The van der Waals surface area contributed by atoms with Crippen molar-refractivity contribution >= 4 is 0 Å². The second-order valence-corrected chi connectivity index (χ2v) is 7.03. The summed E-state index contributed by atoms with van der Waals surface area (Å²) in [6, 6.07) is 7.67. The zero-order chi connectivity index (χ0) is 15.5. The third kappa shape index (κ3) is 4.04. The molecule has 0 aliphatic carbocycles. The summed E-state index contributed by atoms with van der Waals surface area (Å²) < 4.78 is 14.0. The van der Waals surface area contributed by atoms with Gasteiger partial charge in [0.05, 0.1) is 0 Å². The highest BCUT2D eigenvalue weighted by atomic mass is 19.1. The molecule has 0 bridgehead atoms. The van der Waals surface area contributed by atoms with Gasteiger partial charge in [0.15, 0.2) is 0 Å². The van der Waals surface area contributed by atoms with Crippen molar-refractivity contribution in [3.05, 3.63) is 35.6 Å². The quantitative estimate of drug-likeness (QED) is 0.887. The van der Waals surface area contributed by atoms with Crippen LogP contribution in [0.2, 0.25) is 0 Å². The Labute approximate surface area is 128 Å². The topological polar surface area (TPSA) is 15.3 Å². The Bertz CT molecular complexity index is 460. The molecule has 1 aliphatic heterocycles. The van der Waals surface area contributed by atoms with Crippen LogP contribution in [0.5, 0.6) is 0 Å². The van der Waals surface area contributed by atoms with Gasteiger partial charge in [0.1, 0.15) is 5.82 Å². The van der Waals surface area contributed by atoms with E-state index in [-0.39, 0.29) is 11.4 Å². The minimum absolute atomic E-state index is 0.0881. The molecular formula is C18H29FN2. The van der Waals surface area contributed by atoms with Crippen LogP contribution >= 0.6 is 0 Å². The predicted octanol–water partition coefficient (Wildman–Crippen LogP) is 3.81. The van der Waals surface area contributed by atoms with Crippen molar-refractivity contribution < 1.29 is 4.39 Å². The first-order chi connectivity index (χ1) is 9.94. The van der Waals surface area contributed by atoms with Gasteiger partial charge in [0.25, 0.3) is 0 Å². The van der Waals surface area contributed by atoms with Gasteiger partial charge in [0, 0.05) is 36.8 Å². The van der Waals surface area contributed by atoms with Crippen LogP contribution < -0.4 is 5.32 Å². The largest absolute Gasteiger partial charge is 0.311 e. The molecule has 3 heteroatoms. The second kappa shape index (κ2) is 6.89. The van der Waals surface area contributed by atoms with Gasteiger partial charge < -0.3 is 5.32 Å². The minimum atomic E-state index is -0.0881. The number of hydrogen-bond donors (Lipinski definition) is 1. The SMILES string of the molecule is CCC1(C)CNC(CC(C)C)CN1Cc1ccccc1F. The first-order valence-corrected chi connectivity index (χ1v) is 8.16. The third-order valence-corrected chi connectivity index (χ3v) is 4.81. The number of nitrogens with one attached hydrogen (secondary N) is 1. The fraction of sp³-hybridized carbons (Fsp3) is 0.667. The van der Waals surface area contributed by atoms with Crippen LogP contribution in [0.25, 0.3) is 0 Å². The summed E-state index contributed by atoms with van der Waals surface area (Å²) in [5.41, 5.74) is 0.915. The Balaban J connectivity index is 2.13. The van der Waals surface area contributed by atoms with E-state index < -0.39 is 0 Å². The molecule has 0 spiro atoms. The number of benzene rings is 1. The molecule has 1 N–H and O–H groups in total. The van der Waals surface area contributed by atoms with E-state index in [1.54, 1.807) is 12.1 Å². The minimum Gasteiger partial charge on any atom is -0.311 e. The van der Waals surface area contributed by atoms with E-state index in [9.17, 15) is 4.39 Å². The number of hydrogen-bond acceptors (Lipinski definition) is 2. The molecule has 21 heavy (non-hydrogen) atoms. The second-order valence-electron chi connectivity index (χ2n) is 7.03. The van der Waals surface area contributed by atoms with Gasteiger partial charge in [-0.05, 0) is 31.7 Å². The molecule has 0 radical (unpaired) electrons. The molecule has 2 unspecified atom stereocenters. The molecule has 0 saturated carbocycles. The molecule has 0 amide bonds. The van der Waals surface area contributed by atoms with E-state index >= 15 is 0 Å². The Morgan fingerprint density at radius 2 is 2.10 bits per heavy atom. The summed E-state index contributed by atoms with van der Waals surface area (Å²) in [5, 5.41) is 3.69. The summed E-state index contributed by atoms with van der Waals surface area (Å²) in [5.74, 6) is 0.596. The standard InChI is InChI=1S/C18H29FN2/c1-5-18(4)13-20-16(10-14(2)3)12-21(18)11-15-8-6-7-9-17(15)19/h6-9,14,16,20H,5,10-13H2,1-4H3. The van der Waals surface area contributed by atoms with Crippen molar-refractivity contribution in [2.45, 2.75) is 58.7 Å². The van der Waals surface area contributed by atoms with E-state index in [1.807, 2.05) is 12.1 Å². The van der Waals surface area contributed by atoms with Gasteiger partial charge in [-0.15, -0.1) is 0 Å². The number of rotatable bonds is 5. The maximum absolute atomic E-state index is 14.0. The molecule has 1 heterocycles. The first-order valence-electron chi connectivity index (χ1n) is 8.16. The van der Waals surface area contributed by atoms with Crippen LogP contribution in [0.4, 0.5) is 4.39 Å². The van der Waals surface area contributed by atoms with Crippen molar-refractivity contribution in [3.63, 3.8) is 0 Å². The van der Waals surface area contributed by atoms with Crippen molar-refractivity contribution in [3.8, 4) is 0 Å². The highest BCUT2D eigenvalue weighted by molar-refractivity contribution is 5.18. The van der Waals surface area contributed by atoms with E-state index in [0.717, 1.165) is 25.1 Å². The predicted molar refractivity (Wildman–Crippen MR) is 86.8 cm³/mol. The fourth-order valence-electron chi connectivity index (χ4n) is 3.19. The smallest absolute Gasteiger partial charge is 0.127 e. The Kier molecular flexibility index (Phi) is 5.39. The molecule has 1 fully saturated rings. The van der Waals surface area contributed by atoms with Crippen molar-refractivity contribution in [1.82, 2.24) is 10.2 Å². The van der Waals surface area contributed by atoms with Crippen LogP contribution in [0.1, 0.15) is 46.1 Å². The Morgan fingerprint density at radius 1 is 1.38 bits per heavy atom. The maximum Gasteiger partial charge on any atom is 0.127 e. The molecule has 0 aromatic heterocycles. The van der Waals surface area contributed by atoms with Crippen molar-refractivity contribution in [2.75, 3.05) is 13.1 Å². The molecule has 1 aromatic carbocycles. The summed E-state index contributed by atoms with van der Waals surface area (Å²) in [6.07, 6.45) is 2.25. The zero-order valence-electron chi connectivity index (χ0n) is 13.8. The third-order valence-electron chi connectivity index (χ3n) is 4.81. The van der Waals surface area contributed by atoms with Crippen molar-refractivity contribution in [2.24, 2.45) is 5.92 Å². The summed E-state index contributed by atoms with van der Waals surface area (Å²) in [4.78, 5) is 2.47. The van der Waals surface area contributed by atoms with E-state index in [0.29, 0.717) is 18.5 Å². The van der Waals surface area contributed by atoms with Crippen LogP contribution in [0, 0.1) is 11.7 Å². The highest BCUT2D eigenvalue weighted by Gasteiger charge is 2.36. The number of halogens is 1. The average molecular weight is 292 g/mol.